The molecule has 2 rings (SSSR count). The second-order valence-electron chi connectivity index (χ2n) is 13.5. The van der Waals surface area contributed by atoms with Crippen LogP contribution in [0, 0.1) is 16.9 Å². The first-order valence-corrected chi connectivity index (χ1v) is 19.7. The van der Waals surface area contributed by atoms with E-state index in [9.17, 15) is 9.90 Å². The van der Waals surface area contributed by atoms with Crippen molar-refractivity contribution in [3.8, 4) is 17.2 Å². The molecule has 1 heterocycles. The largest absolute Gasteiger partial charge is 0.465 e. The molecule has 1 aliphatic heterocycles. The van der Waals surface area contributed by atoms with Crippen molar-refractivity contribution in [2.45, 2.75) is 103 Å². The van der Waals surface area contributed by atoms with E-state index in [0.29, 0.717) is 12.2 Å². The van der Waals surface area contributed by atoms with Gasteiger partial charge in [-0.05, 0) is 35.7 Å². The third-order valence-electron chi connectivity index (χ3n) is 7.37. The molecule has 0 saturated carbocycles. The lowest BCUT2D eigenvalue weighted by molar-refractivity contribution is -0.0400. The van der Waals surface area contributed by atoms with Gasteiger partial charge in [0.15, 0.2) is 14.4 Å². The number of benzene rings is 1. The highest BCUT2D eigenvalue weighted by Crippen LogP contribution is 2.49. The fraction of sp³-hybridized carbons (Fsp3) is 0.643. The van der Waals surface area contributed by atoms with Crippen LogP contribution < -0.4 is 4.74 Å². The molecular weight excluding hydrogens is 519 g/mol. The zero-order chi connectivity index (χ0) is 28.4. The van der Waals surface area contributed by atoms with Crippen LogP contribution in [0.5, 0.6) is 5.75 Å². The van der Waals surface area contributed by atoms with Gasteiger partial charge in [-0.15, -0.1) is 5.54 Å². The monoisotopic (exact) mass is 563 g/mol. The van der Waals surface area contributed by atoms with Gasteiger partial charge in [-0.25, -0.2) is 4.79 Å². The van der Waals surface area contributed by atoms with Crippen LogP contribution >= 0.6 is 12.2 Å². The molecule has 0 aliphatic carbocycles. The van der Waals surface area contributed by atoms with Crippen molar-refractivity contribution in [3.05, 3.63) is 30.3 Å². The molecule has 1 aliphatic rings. The highest BCUT2D eigenvalue weighted by atomic mass is 32.1. The third-order valence-corrected chi connectivity index (χ3v) is 13.0. The number of thiocarbonyl (C=S) groups is 1. The normalized spacial score (nSPS) is 21.6. The molecule has 6 nitrogen and oxygen atoms in total. The van der Waals surface area contributed by atoms with Crippen LogP contribution in [0.2, 0.25) is 37.8 Å². The fourth-order valence-electron chi connectivity index (χ4n) is 4.40. The fourth-order valence-corrected chi connectivity index (χ4v) is 6.50. The van der Waals surface area contributed by atoms with Crippen molar-refractivity contribution in [3.63, 3.8) is 0 Å². The van der Waals surface area contributed by atoms with Gasteiger partial charge in [-0.1, -0.05) is 85.3 Å². The van der Waals surface area contributed by atoms with Crippen LogP contribution in [0.1, 0.15) is 48.0 Å². The first-order valence-electron chi connectivity index (χ1n) is 12.8. The minimum Gasteiger partial charge on any atom is -0.465 e. The predicted molar refractivity (Wildman–Crippen MR) is 159 cm³/mol. The molecule has 206 valence electrons. The van der Waals surface area contributed by atoms with Crippen molar-refractivity contribution in [1.29, 1.82) is 0 Å². The topological polar surface area (TPSA) is 68.2 Å². The van der Waals surface area contributed by atoms with E-state index in [2.05, 4.69) is 65.0 Å². The molecule has 0 radical (unpaired) electrons. The van der Waals surface area contributed by atoms with Gasteiger partial charge in [0.2, 0.25) is 0 Å². The van der Waals surface area contributed by atoms with Gasteiger partial charge in [0.05, 0.1) is 6.10 Å². The second-order valence-corrected chi connectivity index (χ2v) is 23.3. The van der Waals surface area contributed by atoms with Gasteiger partial charge in [0.25, 0.3) is 0 Å². The Morgan fingerprint density at radius 3 is 2.14 bits per heavy atom. The first kappa shape index (κ1) is 31.4. The molecule has 1 unspecified atom stereocenters. The number of ether oxygens (including phenoxy) is 2. The van der Waals surface area contributed by atoms with Gasteiger partial charge in [0, 0.05) is 25.2 Å². The molecule has 1 N–H and O–H groups in total. The Balaban J connectivity index is 2.59. The minimum atomic E-state index is -2.16. The average Bonchev–Trinajstić information content (AvgIpc) is 3.10. The van der Waals surface area contributed by atoms with Crippen LogP contribution in [0.3, 0.4) is 0 Å². The number of amides is 1. The number of para-hydroxylation sites is 1. The molecule has 1 fully saturated rings. The number of nitrogens with zero attached hydrogens (tertiary/aromatic N) is 1. The molecule has 1 saturated heterocycles. The number of likely N-dealkylation sites (tertiary alicyclic amines) is 1. The van der Waals surface area contributed by atoms with Crippen LogP contribution in [0.15, 0.2) is 30.3 Å². The number of hydrogen-bond donors (Lipinski definition) is 1. The molecule has 0 aromatic heterocycles. The maximum Gasteiger partial charge on any atom is 0.408 e. The molecule has 0 spiro atoms. The lowest BCUT2D eigenvalue weighted by Crippen LogP contribution is -2.63. The van der Waals surface area contributed by atoms with E-state index in [1.807, 2.05) is 39.0 Å². The maximum atomic E-state index is 12.8. The number of hydrogen-bond acceptors (Lipinski definition) is 5. The number of rotatable bonds is 5. The van der Waals surface area contributed by atoms with Gasteiger partial charge < -0.3 is 19.0 Å². The van der Waals surface area contributed by atoms with Crippen molar-refractivity contribution >= 4 is 39.9 Å². The Hall–Kier alpha value is -1.87. The van der Waals surface area contributed by atoms with Gasteiger partial charge in [-0.2, -0.15) is 0 Å². The Morgan fingerprint density at radius 1 is 1.11 bits per heavy atom. The van der Waals surface area contributed by atoms with Crippen molar-refractivity contribution in [1.82, 2.24) is 4.90 Å². The molecule has 1 aromatic rings. The summed E-state index contributed by atoms with van der Waals surface area (Å²) in [4.78, 5) is 14.3. The van der Waals surface area contributed by atoms with E-state index in [-0.39, 0.29) is 22.9 Å². The summed E-state index contributed by atoms with van der Waals surface area (Å²) in [6.07, 6.45) is -1.68. The quantitative estimate of drug-likeness (QED) is 0.233. The summed E-state index contributed by atoms with van der Waals surface area (Å²) in [5, 5.41) is 10.4. The van der Waals surface area contributed by atoms with E-state index >= 15 is 0 Å². The molecular formula is C28H45NO5SSi2. The smallest absolute Gasteiger partial charge is 0.408 e. The Kier molecular flexibility index (Phi) is 9.40. The van der Waals surface area contributed by atoms with E-state index in [1.165, 1.54) is 4.90 Å². The molecule has 9 heteroatoms. The molecule has 1 amide bonds. The average molecular weight is 564 g/mol. The summed E-state index contributed by atoms with van der Waals surface area (Å²) < 4.78 is 18.9. The first-order chi connectivity index (χ1) is 16.7. The van der Waals surface area contributed by atoms with Crippen LogP contribution in [-0.2, 0) is 9.16 Å². The summed E-state index contributed by atoms with van der Waals surface area (Å²) >= 11 is 5.51. The zero-order valence-corrected chi connectivity index (χ0v) is 27.2. The Morgan fingerprint density at radius 2 is 1.68 bits per heavy atom. The van der Waals surface area contributed by atoms with Crippen LogP contribution in [0.4, 0.5) is 4.79 Å². The highest BCUT2D eigenvalue weighted by Gasteiger charge is 2.62. The number of carbonyl (C=O) groups is 1. The molecule has 0 bridgehead atoms. The predicted octanol–water partition coefficient (Wildman–Crippen LogP) is 7.18. The highest BCUT2D eigenvalue weighted by molar-refractivity contribution is 7.79. The Bertz CT molecular complexity index is 1030. The van der Waals surface area contributed by atoms with Crippen molar-refractivity contribution in [2.75, 3.05) is 6.54 Å². The summed E-state index contributed by atoms with van der Waals surface area (Å²) in [6.45, 7) is 23.7. The summed E-state index contributed by atoms with van der Waals surface area (Å²) in [7, 11) is -4.00. The van der Waals surface area contributed by atoms with E-state index in [1.54, 1.807) is 12.1 Å². The summed E-state index contributed by atoms with van der Waals surface area (Å²) in [6, 6.07) is 9.17. The van der Waals surface area contributed by atoms with Gasteiger partial charge >= 0.3 is 11.3 Å². The van der Waals surface area contributed by atoms with Crippen LogP contribution in [0.25, 0.3) is 0 Å². The SMILES string of the molecule is CC(C)(C)[C@]1(C(C#C[Si](C)(C)C)OC(=S)Oc2ccccc2)C[C@@H](O[Si](C)(C)C(C)(C)C)CN1C(=O)O. The summed E-state index contributed by atoms with van der Waals surface area (Å²) in [5.41, 5.74) is 1.85. The molecule has 3 atom stereocenters. The standard InChI is InChI=1S/C28H45NO5SSi2/c1-26(2,3)28(19-22(20-29(28)24(30)31)34-37(10,11)27(4,5)6)23(17-18-36(7,8)9)33-25(35)32-21-15-13-12-14-16-21/h12-16,22-23H,19-20H2,1-11H3,(H,30,31)/t22-,23?,28-/m1/s1. The van der Waals surface area contributed by atoms with Crippen molar-refractivity contribution in [2.24, 2.45) is 5.41 Å². The van der Waals surface area contributed by atoms with E-state index in [0.717, 1.165) is 0 Å². The lowest BCUT2D eigenvalue weighted by Gasteiger charge is -2.49. The molecule has 1 aromatic carbocycles. The van der Waals surface area contributed by atoms with Gasteiger partial charge in [-0.3, -0.25) is 4.90 Å². The zero-order valence-electron chi connectivity index (χ0n) is 24.4. The lowest BCUT2D eigenvalue weighted by atomic mass is 9.68. The Labute approximate surface area is 231 Å². The minimum absolute atomic E-state index is 0.00727. The van der Waals surface area contributed by atoms with E-state index < -0.39 is 39.5 Å². The van der Waals surface area contributed by atoms with Crippen molar-refractivity contribution < 1.29 is 23.8 Å². The molecule has 37 heavy (non-hydrogen) atoms. The van der Waals surface area contributed by atoms with Gasteiger partial charge in [0.1, 0.15) is 19.4 Å². The van der Waals surface area contributed by atoms with E-state index in [4.69, 9.17) is 26.1 Å². The third kappa shape index (κ3) is 7.59. The number of carboxylic acid groups (broad SMARTS) is 1. The summed E-state index contributed by atoms with van der Waals surface area (Å²) in [5.74, 6) is 3.89. The van der Waals surface area contributed by atoms with Crippen LogP contribution in [-0.4, -0.2) is 62.0 Å². The second kappa shape index (κ2) is 11.1. The maximum absolute atomic E-state index is 12.8.